The lowest BCUT2D eigenvalue weighted by Crippen LogP contribution is -2.19. The third-order valence-electron chi connectivity index (χ3n) is 2.37. The van der Waals surface area contributed by atoms with Gasteiger partial charge >= 0.3 is 6.30 Å². The monoisotopic (exact) mass is 311 g/mol. The van der Waals surface area contributed by atoms with Crippen LogP contribution < -0.4 is 0 Å². The van der Waals surface area contributed by atoms with Gasteiger partial charge in [-0.3, -0.25) is 0 Å². The Kier molecular flexibility index (Phi) is 3.73. The molecular formula is C10H6ClF4N3S. The van der Waals surface area contributed by atoms with Gasteiger partial charge in [0.05, 0.1) is 6.20 Å². The number of benzene rings is 1. The molecule has 0 fully saturated rings. The highest BCUT2D eigenvalue weighted by atomic mass is 35.5. The minimum Gasteiger partial charge on any atom is -0.206 e. The second-order valence-electron chi connectivity index (χ2n) is 3.58. The van der Waals surface area contributed by atoms with E-state index in [1.807, 2.05) is 0 Å². The van der Waals surface area contributed by atoms with Crippen LogP contribution in [0.15, 0.2) is 18.3 Å². The zero-order chi connectivity index (χ0) is 14.2. The maximum atomic E-state index is 13.8. The van der Waals surface area contributed by atoms with Gasteiger partial charge in [-0.05, 0) is 17.7 Å². The SMILES string of the molecule is Fc1cc(Cl)c(CS)cc1-c1cnnn1C(F)(F)F. The molecule has 1 aromatic heterocycles. The van der Waals surface area contributed by atoms with Crippen LogP contribution in [0.3, 0.4) is 0 Å². The molecule has 0 saturated carbocycles. The van der Waals surface area contributed by atoms with Crippen molar-refractivity contribution in [2.75, 3.05) is 0 Å². The van der Waals surface area contributed by atoms with E-state index in [1.165, 1.54) is 6.07 Å². The van der Waals surface area contributed by atoms with Gasteiger partial charge in [0.2, 0.25) is 0 Å². The van der Waals surface area contributed by atoms with Crippen molar-refractivity contribution in [1.82, 2.24) is 15.0 Å². The van der Waals surface area contributed by atoms with Crippen molar-refractivity contribution < 1.29 is 17.6 Å². The zero-order valence-electron chi connectivity index (χ0n) is 9.12. The topological polar surface area (TPSA) is 30.7 Å². The van der Waals surface area contributed by atoms with Gasteiger partial charge in [0.25, 0.3) is 0 Å². The number of alkyl halides is 3. The van der Waals surface area contributed by atoms with Gasteiger partial charge in [-0.1, -0.05) is 16.8 Å². The summed E-state index contributed by atoms with van der Waals surface area (Å²) in [6, 6.07) is 2.14. The summed E-state index contributed by atoms with van der Waals surface area (Å²) >= 11 is 9.72. The smallest absolute Gasteiger partial charge is 0.206 e. The molecule has 2 rings (SSSR count). The first kappa shape index (κ1) is 14.1. The molecule has 102 valence electrons. The molecule has 9 heteroatoms. The van der Waals surface area contributed by atoms with Crippen molar-refractivity contribution in [2.24, 2.45) is 0 Å². The highest BCUT2D eigenvalue weighted by molar-refractivity contribution is 7.79. The van der Waals surface area contributed by atoms with Crippen LogP contribution in [0.2, 0.25) is 5.02 Å². The molecule has 0 aliphatic rings. The van der Waals surface area contributed by atoms with Crippen molar-refractivity contribution in [2.45, 2.75) is 12.1 Å². The van der Waals surface area contributed by atoms with Crippen LogP contribution >= 0.6 is 24.2 Å². The number of aromatic nitrogens is 3. The van der Waals surface area contributed by atoms with E-state index in [2.05, 4.69) is 22.9 Å². The van der Waals surface area contributed by atoms with Gasteiger partial charge in [-0.25, -0.2) is 4.39 Å². The van der Waals surface area contributed by atoms with Crippen molar-refractivity contribution in [3.8, 4) is 11.3 Å². The van der Waals surface area contributed by atoms with E-state index in [0.29, 0.717) is 5.56 Å². The molecule has 1 heterocycles. The minimum atomic E-state index is -4.78. The molecule has 0 saturated heterocycles. The average molecular weight is 312 g/mol. The third kappa shape index (κ3) is 2.69. The maximum Gasteiger partial charge on any atom is 0.506 e. The van der Waals surface area contributed by atoms with E-state index < -0.39 is 17.8 Å². The Morgan fingerprint density at radius 1 is 1.32 bits per heavy atom. The normalized spacial score (nSPS) is 11.9. The number of rotatable bonds is 2. The highest BCUT2D eigenvalue weighted by Gasteiger charge is 2.35. The van der Waals surface area contributed by atoms with Crippen LogP contribution in [0.4, 0.5) is 17.6 Å². The summed E-state index contributed by atoms with van der Waals surface area (Å²) in [6.45, 7) is 0. The van der Waals surface area contributed by atoms with Crippen LogP contribution in [0, 0.1) is 5.82 Å². The molecule has 0 aliphatic heterocycles. The highest BCUT2D eigenvalue weighted by Crippen LogP contribution is 2.32. The lowest BCUT2D eigenvalue weighted by molar-refractivity contribution is -0.211. The number of nitrogens with zero attached hydrogens (tertiary/aromatic N) is 3. The Balaban J connectivity index is 2.63. The predicted octanol–water partition coefficient (Wildman–Crippen LogP) is 3.64. The lowest BCUT2D eigenvalue weighted by Gasteiger charge is -2.11. The fourth-order valence-electron chi connectivity index (χ4n) is 1.52. The Bertz CT molecular complexity index is 611. The van der Waals surface area contributed by atoms with Gasteiger partial charge in [0.15, 0.2) is 0 Å². The summed E-state index contributed by atoms with van der Waals surface area (Å²) in [7, 11) is 0. The summed E-state index contributed by atoms with van der Waals surface area (Å²) in [5, 5.41) is 6.16. The molecule has 1 aromatic carbocycles. The van der Waals surface area contributed by atoms with Crippen LogP contribution in [-0.2, 0) is 12.1 Å². The summed E-state index contributed by atoms with van der Waals surface area (Å²) in [5.74, 6) is -0.719. The first-order chi connectivity index (χ1) is 8.84. The molecule has 2 aromatic rings. The van der Waals surface area contributed by atoms with Gasteiger partial charge in [0, 0.05) is 16.3 Å². The lowest BCUT2D eigenvalue weighted by atomic mass is 10.1. The summed E-state index contributed by atoms with van der Waals surface area (Å²) < 4.78 is 51.4. The molecule has 0 unspecified atom stereocenters. The van der Waals surface area contributed by atoms with Crippen molar-refractivity contribution in [3.63, 3.8) is 0 Å². The molecule has 0 amide bonds. The van der Waals surface area contributed by atoms with Gasteiger partial charge in [0.1, 0.15) is 11.5 Å². The van der Waals surface area contributed by atoms with Crippen LogP contribution in [0.1, 0.15) is 5.56 Å². The molecule has 0 atom stereocenters. The number of hydrogen-bond acceptors (Lipinski definition) is 3. The molecule has 0 spiro atoms. The maximum absolute atomic E-state index is 13.8. The number of hydrogen-bond donors (Lipinski definition) is 1. The van der Waals surface area contributed by atoms with E-state index in [-0.39, 0.29) is 21.0 Å². The van der Waals surface area contributed by atoms with Gasteiger partial charge in [-0.15, -0.1) is 18.3 Å². The number of thiol groups is 1. The molecule has 19 heavy (non-hydrogen) atoms. The van der Waals surface area contributed by atoms with E-state index >= 15 is 0 Å². The van der Waals surface area contributed by atoms with Crippen molar-refractivity contribution >= 4 is 24.2 Å². The van der Waals surface area contributed by atoms with Gasteiger partial charge in [-0.2, -0.15) is 17.3 Å². The minimum absolute atomic E-state index is 0.0993. The fourth-order valence-corrected chi connectivity index (χ4v) is 2.09. The summed E-state index contributed by atoms with van der Waals surface area (Å²) in [5.41, 5.74) is -0.364. The Morgan fingerprint density at radius 3 is 2.58 bits per heavy atom. The standard InChI is InChI=1S/C10H6ClF4N3S/c11-7-2-8(12)6(1-5(7)4-19)9-3-16-17-18(9)10(13,14)15/h1-3,19H,4H2. The van der Waals surface area contributed by atoms with Crippen LogP contribution in [0.5, 0.6) is 0 Å². The van der Waals surface area contributed by atoms with E-state index in [0.717, 1.165) is 12.3 Å². The third-order valence-corrected chi connectivity index (χ3v) is 3.06. The molecule has 0 aliphatic carbocycles. The second-order valence-corrected chi connectivity index (χ2v) is 4.30. The van der Waals surface area contributed by atoms with E-state index in [9.17, 15) is 17.6 Å². The molecular weight excluding hydrogens is 306 g/mol. The first-order valence-corrected chi connectivity index (χ1v) is 5.92. The largest absolute Gasteiger partial charge is 0.506 e. The fraction of sp³-hybridized carbons (Fsp3) is 0.200. The Morgan fingerprint density at radius 2 is 2.00 bits per heavy atom. The van der Waals surface area contributed by atoms with Gasteiger partial charge < -0.3 is 0 Å². The number of halogens is 5. The Hall–Kier alpha value is -1.28. The zero-order valence-corrected chi connectivity index (χ0v) is 10.8. The average Bonchev–Trinajstić information content (AvgIpc) is 2.77. The molecule has 0 N–H and O–H groups in total. The summed E-state index contributed by atoms with van der Waals surface area (Å²) in [4.78, 5) is 0. The second kappa shape index (κ2) is 5.01. The molecule has 3 nitrogen and oxygen atoms in total. The van der Waals surface area contributed by atoms with E-state index in [1.54, 1.807) is 0 Å². The Labute approximate surface area is 115 Å². The van der Waals surface area contributed by atoms with Crippen molar-refractivity contribution in [1.29, 1.82) is 0 Å². The molecule has 0 radical (unpaired) electrons. The molecule has 0 bridgehead atoms. The first-order valence-electron chi connectivity index (χ1n) is 4.91. The quantitative estimate of drug-likeness (QED) is 0.678. The van der Waals surface area contributed by atoms with E-state index in [4.69, 9.17) is 11.6 Å². The predicted molar refractivity (Wildman–Crippen MR) is 64.4 cm³/mol. The van der Waals surface area contributed by atoms with Crippen molar-refractivity contribution in [3.05, 3.63) is 34.7 Å². The summed E-state index contributed by atoms with van der Waals surface area (Å²) in [6.07, 6.45) is -3.94. The van der Waals surface area contributed by atoms with Crippen LogP contribution in [0.25, 0.3) is 11.3 Å². The van der Waals surface area contributed by atoms with Crippen LogP contribution in [-0.4, -0.2) is 15.0 Å².